The molecule has 0 aliphatic heterocycles. The van der Waals surface area contributed by atoms with Crippen LogP contribution in [0.1, 0.15) is 25.3 Å². The van der Waals surface area contributed by atoms with Gasteiger partial charge in [0.25, 0.3) is 0 Å². The maximum absolute atomic E-state index is 13.1. The van der Waals surface area contributed by atoms with Crippen molar-refractivity contribution in [3.63, 3.8) is 0 Å². The average molecular weight is 305 g/mol. The van der Waals surface area contributed by atoms with Gasteiger partial charge < -0.3 is 10.2 Å². The van der Waals surface area contributed by atoms with E-state index in [9.17, 15) is 14.6 Å². The summed E-state index contributed by atoms with van der Waals surface area (Å²) in [6.45, 7) is 1.89. The third-order valence-electron chi connectivity index (χ3n) is 3.01. The number of halogens is 2. The molecule has 17 heavy (non-hydrogen) atoms. The Kier molecular flexibility index (Phi) is 5.56. The van der Waals surface area contributed by atoms with Gasteiger partial charge in [0.15, 0.2) is 0 Å². The summed E-state index contributed by atoms with van der Waals surface area (Å²) in [5.74, 6) is -0.303. The van der Waals surface area contributed by atoms with Crippen LogP contribution in [0.25, 0.3) is 0 Å². The van der Waals surface area contributed by atoms with E-state index in [1.165, 1.54) is 6.07 Å². The lowest BCUT2D eigenvalue weighted by molar-refractivity contribution is 0.0466. The van der Waals surface area contributed by atoms with Crippen molar-refractivity contribution in [1.29, 1.82) is 0 Å². The highest BCUT2D eigenvalue weighted by Gasteiger charge is 2.28. The molecule has 0 heterocycles. The molecule has 1 rings (SSSR count). The van der Waals surface area contributed by atoms with Gasteiger partial charge in [0.05, 0.1) is 17.7 Å². The predicted octanol–water partition coefficient (Wildman–Crippen LogP) is 2.90. The molecule has 0 atom stereocenters. The molecule has 0 saturated carbocycles. The summed E-state index contributed by atoms with van der Waals surface area (Å²) in [5, 5.41) is 18.9. The van der Waals surface area contributed by atoms with Crippen molar-refractivity contribution in [2.45, 2.75) is 26.2 Å². The van der Waals surface area contributed by atoms with Crippen molar-refractivity contribution in [1.82, 2.24) is 0 Å². The summed E-state index contributed by atoms with van der Waals surface area (Å²) in [5.41, 5.74) is 0.404. The third kappa shape index (κ3) is 3.76. The monoisotopic (exact) mass is 304 g/mol. The molecule has 0 spiro atoms. The minimum atomic E-state index is -0.508. The van der Waals surface area contributed by atoms with Crippen LogP contribution in [-0.2, 0) is 6.42 Å². The van der Waals surface area contributed by atoms with Gasteiger partial charge >= 0.3 is 0 Å². The van der Waals surface area contributed by atoms with Crippen LogP contribution in [0.4, 0.5) is 4.39 Å². The second-order valence-electron chi connectivity index (χ2n) is 4.49. The van der Waals surface area contributed by atoms with Crippen LogP contribution in [0.15, 0.2) is 22.7 Å². The summed E-state index contributed by atoms with van der Waals surface area (Å²) < 4.78 is 13.5. The Balaban J connectivity index is 2.89. The smallest absolute Gasteiger partial charge is 0.137 e. The molecule has 0 amide bonds. The van der Waals surface area contributed by atoms with Gasteiger partial charge in [0.1, 0.15) is 5.82 Å². The van der Waals surface area contributed by atoms with Crippen molar-refractivity contribution < 1.29 is 14.6 Å². The highest BCUT2D eigenvalue weighted by Crippen LogP contribution is 2.29. The van der Waals surface area contributed by atoms with Gasteiger partial charge in [-0.25, -0.2) is 4.39 Å². The lowest BCUT2D eigenvalue weighted by Crippen LogP contribution is -2.32. The Labute approximate surface area is 110 Å². The van der Waals surface area contributed by atoms with E-state index in [0.717, 1.165) is 18.4 Å². The van der Waals surface area contributed by atoms with Crippen LogP contribution in [0.3, 0.4) is 0 Å². The average Bonchev–Trinajstić information content (AvgIpc) is 2.33. The van der Waals surface area contributed by atoms with E-state index < -0.39 is 5.41 Å². The van der Waals surface area contributed by atoms with E-state index in [-0.39, 0.29) is 19.0 Å². The third-order valence-corrected chi connectivity index (χ3v) is 3.62. The first kappa shape index (κ1) is 14.6. The number of rotatable bonds is 6. The highest BCUT2D eigenvalue weighted by molar-refractivity contribution is 9.10. The SMILES string of the molecule is CCCC(CO)(CO)Cc1ccc(F)c(Br)c1. The maximum atomic E-state index is 13.1. The van der Waals surface area contributed by atoms with Crippen molar-refractivity contribution in [3.8, 4) is 0 Å². The Bertz CT molecular complexity index is 364. The molecule has 0 aliphatic carbocycles. The van der Waals surface area contributed by atoms with Crippen LogP contribution in [0.5, 0.6) is 0 Å². The van der Waals surface area contributed by atoms with Gasteiger partial charge in [0.2, 0.25) is 0 Å². The normalized spacial score (nSPS) is 11.8. The quantitative estimate of drug-likeness (QED) is 0.848. The maximum Gasteiger partial charge on any atom is 0.137 e. The fraction of sp³-hybridized carbons (Fsp3) is 0.538. The molecular weight excluding hydrogens is 287 g/mol. The molecule has 0 unspecified atom stereocenters. The van der Waals surface area contributed by atoms with Crippen molar-refractivity contribution in [3.05, 3.63) is 34.1 Å². The highest BCUT2D eigenvalue weighted by atomic mass is 79.9. The van der Waals surface area contributed by atoms with E-state index in [4.69, 9.17) is 0 Å². The Morgan fingerprint density at radius 3 is 2.41 bits per heavy atom. The van der Waals surface area contributed by atoms with Crippen molar-refractivity contribution in [2.24, 2.45) is 5.41 Å². The van der Waals surface area contributed by atoms with Gasteiger partial charge in [-0.15, -0.1) is 0 Å². The molecule has 0 bridgehead atoms. The van der Waals surface area contributed by atoms with Crippen LogP contribution < -0.4 is 0 Å². The molecule has 96 valence electrons. The Morgan fingerprint density at radius 1 is 1.29 bits per heavy atom. The van der Waals surface area contributed by atoms with Gasteiger partial charge in [-0.2, -0.15) is 0 Å². The summed E-state index contributed by atoms with van der Waals surface area (Å²) in [4.78, 5) is 0. The molecule has 2 nitrogen and oxygen atoms in total. The second-order valence-corrected chi connectivity index (χ2v) is 5.35. The largest absolute Gasteiger partial charge is 0.396 e. The van der Waals surface area contributed by atoms with E-state index in [1.54, 1.807) is 12.1 Å². The number of hydrogen-bond donors (Lipinski definition) is 2. The van der Waals surface area contributed by atoms with Gasteiger partial charge in [-0.3, -0.25) is 0 Å². The fourth-order valence-corrected chi connectivity index (χ4v) is 2.45. The molecule has 1 aromatic rings. The van der Waals surface area contributed by atoms with E-state index in [2.05, 4.69) is 15.9 Å². The van der Waals surface area contributed by atoms with Gasteiger partial charge in [0, 0.05) is 5.41 Å². The number of aliphatic hydroxyl groups is 2. The number of benzene rings is 1. The van der Waals surface area contributed by atoms with Crippen LogP contribution in [0.2, 0.25) is 0 Å². The van der Waals surface area contributed by atoms with Crippen molar-refractivity contribution >= 4 is 15.9 Å². The zero-order valence-corrected chi connectivity index (χ0v) is 11.5. The summed E-state index contributed by atoms with van der Waals surface area (Å²) in [6, 6.07) is 4.78. The van der Waals surface area contributed by atoms with E-state index in [0.29, 0.717) is 10.9 Å². The fourth-order valence-electron chi connectivity index (χ4n) is 2.02. The zero-order valence-electron chi connectivity index (χ0n) is 9.92. The number of hydrogen-bond acceptors (Lipinski definition) is 2. The zero-order chi connectivity index (χ0) is 12.9. The molecular formula is C13H18BrFO2. The predicted molar refractivity (Wildman–Crippen MR) is 69.3 cm³/mol. The Hall–Kier alpha value is -0.450. The number of aliphatic hydroxyl groups excluding tert-OH is 2. The first-order valence-corrected chi connectivity index (χ1v) is 6.52. The first-order valence-electron chi connectivity index (χ1n) is 5.72. The van der Waals surface area contributed by atoms with Crippen molar-refractivity contribution in [2.75, 3.05) is 13.2 Å². The van der Waals surface area contributed by atoms with Crippen LogP contribution in [0, 0.1) is 11.2 Å². The van der Waals surface area contributed by atoms with Crippen LogP contribution in [-0.4, -0.2) is 23.4 Å². The summed E-state index contributed by atoms with van der Waals surface area (Å²) in [6.07, 6.45) is 2.19. The molecule has 0 aliphatic rings. The minimum absolute atomic E-state index is 0.0632. The van der Waals surface area contributed by atoms with Gasteiger partial charge in [-0.05, 0) is 46.5 Å². The van der Waals surface area contributed by atoms with Gasteiger partial charge in [-0.1, -0.05) is 19.4 Å². The summed E-state index contributed by atoms with van der Waals surface area (Å²) in [7, 11) is 0. The second kappa shape index (κ2) is 6.47. The molecule has 2 N–H and O–H groups in total. The topological polar surface area (TPSA) is 40.5 Å². The molecule has 0 aromatic heterocycles. The van der Waals surface area contributed by atoms with E-state index >= 15 is 0 Å². The molecule has 4 heteroatoms. The molecule has 0 fully saturated rings. The minimum Gasteiger partial charge on any atom is -0.396 e. The van der Waals surface area contributed by atoms with Crippen LogP contribution >= 0.6 is 15.9 Å². The molecule has 1 aromatic carbocycles. The first-order chi connectivity index (χ1) is 8.06. The standard InChI is InChI=1S/C13H18BrFO2/c1-2-5-13(8-16,9-17)7-10-3-4-12(15)11(14)6-10/h3-4,6,16-17H,2,5,7-9H2,1H3. The summed E-state index contributed by atoms with van der Waals surface area (Å²) >= 11 is 3.14. The lowest BCUT2D eigenvalue weighted by atomic mass is 9.79. The molecule has 0 saturated heterocycles. The van der Waals surface area contributed by atoms with E-state index in [1.807, 2.05) is 6.92 Å². The lowest BCUT2D eigenvalue weighted by Gasteiger charge is -2.29. The Morgan fingerprint density at radius 2 is 1.94 bits per heavy atom. The molecule has 0 radical (unpaired) electrons.